The molecule has 0 radical (unpaired) electrons. The molecule has 4 rings (SSSR count). The number of nitrogens with one attached hydrogen (secondary N) is 2. The number of aryl methyl sites for hydroxylation is 1. The number of carbonyl (C=O) groups is 2. The van der Waals surface area contributed by atoms with Gasteiger partial charge in [0.15, 0.2) is 5.69 Å². The second-order valence-corrected chi connectivity index (χ2v) is 7.96. The maximum absolute atomic E-state index is 13.0. The van der Waals surface area contributed by atoms with Crippen molar-refractivity contribution in [1.29, 1.82) is 0 Å². The van der Waals surface area contributed by atoms with Crippen LogP contribution in [0.25, 0.3) is 5.69 Å². The van der Waals surface area contributed by atoms with E-state index in [1.165, 1.54) is 0 Å². The van der Waals surface area contributed by atoms with Gasteiger partial charge in [-0.05, 0) is 52.7 Å². The molecule has 0 atom stereocenters. The van der Waals surface area contributed by atoms with Gasteiger partial charge in [-0.15, -0.1) is 0 Å². The largest absolute Gasteiger partial charge is 0.317 e. The van der Waals surface area contributed by atoms with Gasteiger partial charge in [0.05, 0.1) is 22.8 Å². The maximum atomic E-state index is 13.0. The van der Waals surface area contributed by atoms with Gasteiger partial charge in [0, 0.05) is 18.0 Å². The first-order chi connectivity index (χ1) is 14.3. The Labute approximate surface area is 175 Å². The van der Waals surface area contributed by atoms with Crippen LogP contribution in [0.15, 0.2) is 36.4 Å². The Morgan fingerprint density at radius 3 is 2.37 bits per heavy atom. The molecule has 1 saturated carbocycles. The van der Waals surface area contributed by atoms with Gasteiger partial charge in [0.25, 0.3) is 5.91 Å². The predicted octanol–water partition coefficient (Wildman–Crippen LogP) is 3.87. The van der Waals surface area contributed by atoms with Crippen molar-refractivity contribution in [2.45, 2.75) is 46.6 Å². The fourth-order valence-electron chi connectivity index (χ4n) is 3.45. The van der Waals surface area contributed by atoms with Gasteiger partial charge in [-0.25, -0.2) is 4.68 Å². The van der Waals surface area contributed by atoms with Crippen LogP contribution in [0.5, 0.6) is 0 Å². The normalized spacial score (nSPS) is 13.5. The van der Waals surface area contributed by atoms with Crippen molar-refractivity contribution in [2.75, 3.05) is 10.6 Å². The number of amides is 2. The van der Waals surface area contributed by atoms with E-state index in [-0.39, 0.29) is 29.5 Å². The van der Waals surface area contributed by atoms with Gasteiger partial charge in [0.2, 0.25) is 5.91 Å². The third-order valence-electron chi connectivity index (χ3n) is 5.19. The standard InChI is InChI=1S/C22H26N6O2/c1-13(2)27-15(4)20(14(3)25-27)24-22(30)18-12-19(23-21(29)16-10-11-16)28(26-18)17-8-6-5-7-9-17/h5-9,12-13,16H,10-11H2,1-4H3,(H,23,29)(H,24,30). The first-order valence-electron chi connectivity index (χ1n) is 10.2. The van der Waals surface area contributed by atoms with E-state index in [4.69, 9.17) is 0 Å². The van der Waals surface area contributed by atoms with E-state index in [0.717, 1.165) is 29.9 Å². The van der Waals surface area contributed by atoms with Crippen molar-refractivity contribution in [2.24, 2.45) is 5.92 Å². The summed E-state index contributed by atoms with van der Waals surface area (Å²) in [6, 6.07) is 11.2. The van der Waals surface area contributed by atoms with E-state index in [0.29, 0.717) is 11.5 Å². The Morgan fingerprint density at radius 2 is 1.77 bits per heavy atom. The Kier molecular flexibility index (Phi) is 5.15. The number of benzene rings is 1. The second-order valence-electron chi connectivity index (χ2n) is 7.96. The number of para-hydroxylation sites is 1. The van der Waals surface area contributed by atoms with Gasteiger partial charge in [0.1, 0.15) is 5.82 Å². The van der Waals surface area contributed by atoms with Crippen molar-refractivity contribution >= 4 is 23.3 Å². The highest BCUT2D eigenvalue weighted by Crippen LogP contribution is 2.31. The Balaban J connectivity index is 1.64. The molecule has 156 valence electrons. The van der Waals surface area contributed by atoms with E-state index in [1.54, 1.807) is 10.7 Å². The lowest BCUT2D eigenvalue weighted by atomic mass is 10.3. The zero-order valence-electron chi connectivity index (χ0n) is 17.6. The van der Waals surface area contributed by atoms with Crippen molar-refractivity contribution in [3.8, 4) is 5.69 Å². The summed E-state index contributed by atoms with van der Waals surface area (Å²) in [6.45, 7) is 7.88. The van der Waals surface area contributed by atoms with Crippen LogP contribution < -0.4 is 10.6 Å². The van der Waals surface area contributed by atoms with Gasteiger partial charge in [-0.3, -0.25) is 14.3 Å². The molecule has 2 N–H and O–H groups in total. The van der Waals surface area contributed by atoms with E-state index < -0.39 is 0 Å². The van der Waals surface area contributed by atoms with Crippen molar-refractivity contribution in [3.05, 3.63) is 53.5 Å². The number of anilines is 2. The van der Waals surface area contributed by atoms with Crippen LogP contribution in [-0.2, 0) is 4.79 Å². The highest BCUT2D eigenvalue weighted by molar-refractivity contribution is 6.04. The lowest BCUT2D eigenvalue weighted by Gasteiger charge is -2.09. The monoisotopic (exact) mass is 406 g/mol. The minimum Gasteiger partial charge on any atom is -0.317 e. The van der Waals surface area contributed by atoms with Crippen LogP contribution in [0.1, 0.15) is 54.6 Å². The van der Waals surface area contributed by atoms with Crippen LogP contribution >= 0.6 is 0 Å². The summed E-state index contributed by atoms with van der Waals surface area (Å²) in [4.78, 5) is 25.3. The third kappa shape index (κ3) is 3.85. The predicted molar refractivity (Wildman–Crippen MR) is 115 cm³/mol. The number of aromatic nitrogens is 4. The summed E-state index contributed by atoms with van der Waals surface area (Å²) in [5.74, 6) is 0.146. The lowest BCUT2D eigenvalue weighted by molar-refractivity contribution is -0.117. The molecule has 1 aliphatic carbocycles. The maximum Gasteiger partial charge on any atom is 0.276 e. The molecule has 0 bridgehead atoms. The minimum absolute atomic E-state index is 0.0380. The van der Waals surface area contributed by atoms with Gasteiger partial charge >= 0.3 is 0 Å². The summed E-state index contributed by atoms with van der Waals surface area (Å²) >= 11 is 0. The molecule has 8 nitrogen and oxygen atoms in total. The topological polar surface area (TPSA) is 93.8 Å². The molecule has 1 aliphatic rings. The lowest BCUT2D eigenvalue weighted by Crippen LogP contribution is -2.16. The highest BCUT2D eigenvalue weighted by atomic mass is 16.2. The first-order valence-corrected chi connectivity index (χ1v) is 10.2. The summed E-state index contributed by atoms with van der Waals surface area (Å²) in [7, 11) is 0. The SMILES string of the molecule is Cc1nn(C(C)C)c(C)c1NC(=O)c1cc(NC(=O)C2CC2)n(-c2ccccc2)n1. The summed E-state index contributed by atoms with van der Waals surface area (Å²) in [5, 5.41) is 14.8. The van der Waals surface area contributed by atoms with Gasteiger partial charge < -0.3 is 10.6 Å². The first kappa shape index (κ1) is 19.9. The molecule has 2 heterocycles. The third-order valence-corrected chi connectivity index (χ3v) is 5.19. The molecule has 1 aromatic carbocycles. The number of nitrogens with zero attached hydrogens (tertiary/aromatic N) is 4. The summed E-state index contributed by atoms with van der Waals surface area (Å²) in [6.07, 6.45) is 1.80. The van der Waals surface area contributed by atoms with Crippen molar-refractivity contribution < 1.29 is 9.59 Å². The Morgan fingerprint density at radius 1 is 1.07 bits per heavy atom. The van der Waals surface area contributed by atoms with E-state index in [2.05, 4.69) is 20.8 Å². The van der Waals surface area contributed by atoms with Gasteiger partial charge in [-0.1, -0.05) is 18.2 Å². The molecule has 0 unspecified atom stereocenters. The van der Waals surface area contributed by atoms with Crippen molar-refractivity contribution in [3.63, 3.8) is 0 Å². The van der Waals surface area contributed by atoms with Crippen LogP contribution in [0, 0.1) is 19.8 Å². The highest BCUT2D eigenvalue weighted by Gasteiger charge is 2.31. The molecular formula is C22H26N6O2. The van der Waals surface area contributed by atoms with Crippen LogP contribution in [0.2, 0.25) is 0 Å². The zero-order chi connectivity index (χ0) is 21.4. The summed E-state index contributed by atoms with van der Waals surface area (Å²) < 4.78 is 3.47. The molecule has 3 aromatic rings. The van der Waals surface area contributed by atoms with Crippen LogP contribution in [0.3, 0.4) is 0 Å². The van der Waals surface area contributed by atoms with Gasteiger partial charge in [-0.2, -0.15) is 10.2 Å². The molecule has 0 saturated heterocycles. The molecule has 0 aliphatic heterocycles. The molecule has 30 heavy (non-hydrogen) atoms. The molecule has 1 fully saturated rings. The van der Waals surface area contributed by atoms with E-state index >= 15 is 0 Å². The second kappa shape index (κ2) is 7.78. The molecule has 2 amide bonds. The Bertz CT molecular complexity index is 1090. The smallest absolute Gasteiger partial charge is 0.276 e. The average molecular weight is 406 g/mol. The van der Waals surface area contributed by atoms with Crippen LogP contribution in [-0.4, -0.2) is 31.4 Å². The summed E-state index contributed by atoms with van der Waals surface area (Å²) in [5.41, 5.74) is 3.31. The average Bonchev–Trinajstić information content (AvgIpc) is 3.44. The molecule has 8 heteroatoms. The molecular weight excluding hydrogens is 380 g/mol. The Hall–Kier alpha value is -3.42. The number of carbonyl (C=O) groups excluding carboxylic acids is 2. The van der Waals surface area contributed by atoms with Crippen molar-refractivity contribution in [1.82, 2.24) is 19.6 Å². The molecule has 2 aromatic heterocycles. The molecule has 0 spiro atoms. The van der Waals surface area contributed by atoms with Crippen LogP contribution in [0.4, 0.5) is 11.5 Å². The number of rotatable bonds is 6. The zero-order valence-corrected chi connectivity index (χ0v) is 17.6. The van der Waals surface area contributed by atoms with E-state index in [9.17, 15) is 9.59 Å². The van der Waals surface area contributed by atoms with E-state index in [1.807, 2.05) is 62.7 Å². The number of hydrogen-bond acceptors (Lipinski definition) is 4. The fraction of sp³-hybridized carbons (Fsp3) is 0.364. The number of hydrogen-bond donors (Lipinski definition) is 2. The minimum atomic E-state index is -0.346. The fourth-order valence-corrected chi connectivity index (χ4v) is 3.45. The quantitative estimate of drug-likeness (QED) is 0.650.